The molecule has 33 heavy (non-hydrogen) atoms. The molecule has 0 saturated carbocycles. The van der Waals surface area contributed by atoms with Gasteiger partial charge in [0.05, 0.1) is 6.54 Å². The Kier molecular flexibility index (Phi) is 5.40. The van der Waals surface area contributed by atoms with E-state index in [1.54, 1.807) is 4.90 Å². The van der Waals surface area contributed by atoms with Crippen LogP contribution >= 0.6 is 0 Å². The van der Waals surface area contributed by atoms with E-state index in [0.717, 1.165) is 38.3 Å². The number of carbonyl (C=O) groups is 2. The first-order valence-electron chi connectivity index (χ1n) is 11.1. The molecule has 10 heteroatoms. The molecule has 0 radical (unpaired) electrons. The Morgan fingerprint density at radius 2 is 1.97 bits per heavy atom. The van der Waals surface area contributed by atoms with Crippen LogP contribution in [0.2, 0.25) is 0 Å². The lowest BCUT2D eigenvalue weighted by Crippen LogP contribution is -2.64. The summed E-state index contributed by atoms with van der Waals surface area (Å²) >= 11 is 0. The summed E-state index contributed by atoms with van der Waals surface area (Å²) in [7, 11) is 0. The van der Waals surface area contributed by atoms with E-state index in [2.05, 4.69) is 10.2 Å². The van der Waals surface area contributed by atoms with Crippen molar-refractivity contribution in [3.8, 4) is 5.75 Å². The summed E-state index contributed by atoms with van der Waals surface area (Å²) in [4.78, 5) is 42.6. The van der Waals surface area contributed by atoms with E-state index < -0.39 is 34.6 Å². The van der Waals surface area contributed by atoms with E-state index in [1.807, 2.05) is 0 Å². The molecule has 8 nitrogen and oxygen atoms in total. The number of halogens is 2. The standard InChI is InChI=1S/C23H24F2N4O4/c24-14-5-4-13(17(25)9-14)10-26-22(32)16-11-27-12-18-28-7-2-1-3-15(28)6-8-29(18)23(33)19(27)21(31)20(16)30/h4-5,9,11,15,18,31H,1-3,6-8,10,12H2,(H,26,32)/t15?,18-/m0/s1. The van der Waals surface area contributed by atoms with Gasteiger partial charge in [-0.1, -0.05) is 12.5 Å². The van der Waals surface area contributed by atoms with Crippen LogP contribution in [-0.2, 0) is 13.1 Å². The molecule has 3 aliphatic rings. The van der Waals surface area contributed by atoms with Gasteiger partial charge < -0.3 is 19.9 Å². The predicted octanol–water partition coefficient (Wildman–Crippen LogP) is 1.80. The number of aromatic hydroxyl groups is 1. The van der Waals surface area contributed by atoms with Crippen molar-refractivity contribution in [2.75, 3.05) is 13.1 Å². The van der Waals surface area contributed by atoms with E-state index in [1.165, 1.54) is 16.8 Å². The molecule has 0 bridgehead atoms. The van der Waals surface area contributed by atoms with Crippen molar-refractivity contribution < 1.29 is 23.5 Å². The van der Waals surface area contributed by atoms with Crippen molar-refractivity contribution in [3.05, 3.63) is 63.1 Å². The van der Waals surface area contributed by atoms with E-state index in [9.17, 15) is 28.3 Å². The lowest BCUT2D eigenvalue weighted by Gasteiger charge is -2.52. The molecule has 2 fully saturated rings. The number of amides is 2. The normalized spacial score (nSPS) is 22.4. The van der Waals surface area contributed by atoms with Crippen molar-refractivity contribution in [2.24, 2.45) is 0 Å². The molecule has 2 atom stereocenters. The number of rotatable bonds is 3. The van der Waals surface area contributed by atoms with Crippen molar-refractivity contribution in [1.29, 1.82) is 0 Å². The topological polar surface area (TPSA) is 94.9 Å². The smallest absolute Gasteiger partial charge is 0.275 e. The number of hydrogen-bond acceptors (Lipinski definition) is 5. The van der Waals surface area contributed by atoms with Crippen LogP contribution in [0.3, 0.4) is 0 Å². The van der Waals surface area contributed by atoms with Crippen LogP contribution in [-0.4, -0.2) is 56.6 Å². The third kappa shape index (κ3) is 3.68. The molecule has 0 spiro atoms. The molecule has 4 heterocycles. The highest BCUT2D eigenvalue weighted by Gasteiger charge is 2.44. The summed E-state index contributed by atoms with van der Waals surface area (Å²) in [6, 6.07) is 3.37. The molecule has 0 aliphatic carbocycles. The Bertz CT molecular complexity index is 1200. The summed E-state index contributed by atoms with van der Waals surface area (Å²) in [6.45, 7) is 1.50. The fourth-order valence-electron chi connectivity index (χ4n) is 5.21. The number of piperidine rings is 1. The molecule has 2 N–H and O–H groups in total. The van der Waals surface area contributed by atoms with E-state index >= 15 is 0 Å². The van der Waals surface area contributed by atoms with Crippen molar-refractivity contribution in [1.82, 2.24) is 19.7 Å². The van der Waals surface area contributed by atoms with Crippen LogP contribution < -0.4 is 10.7 Å². The van der Waals surface area contributed by atoms with Crippen molar-refractivity contribution in [2.45, 2.75) is 51.0 Å². The average Bonchev–Trinajstić information content (AvgIpc) is 2.80. The van der Waals surface area contributed by atoms with Gasteiger partial charge in [0.25, 0.3) is 11.8 Å². The van der Waals surface area contributed by atoms with E-state index in [0.29, 0.717) is 25.2 Å². The second kappa shape index (κ2) is 8.26. The number of nitrogens with zero attached hydrogens (tertiary/aromatic N) is 3. The second-order valence-electron chi connectivity index (χ2n) is 8.80. The summed E-state index contributed by atoms with van der Waals surface area (Å²) in [5.41, 5.74) is -1.37. The molecule has 1 aromatic heterocycles. The zero-order valence-corrected chi connectivity index (χ0v) is 17.9. The Morgan fingerprint density at radius 1 is 1.15 bits per heavy atom. The summed E-state index contributed by atoms with van der Waals surface area (Å²) in [5.74, 6) is -3.56. The fourth-order valence-corrected chi connectivity index (χ4v) is 5.21. The fraction of sp³-hybridized carbons (Fsp3) is 0.435. The number of hydrogen-bond donors (Lipinski definition) is 2. The molecule has 1 unspecified atom stereocenters. The quantitative estimate of drug-likeness (QED) is 0.732. The number of benzene rings is 1. The highest BCUT2D eigenvalue weighted by atomic mass is 19.1. The molecule has 5 rings (SSSR count). The number of nitrogens with one attached hydrogen (secondary N) is 1. The van der Waals surface area contributed by atoms with Crippen LogP contribution in [0.1, 0.15) is 52.1 Å². The van der Waals surface area contributed by atoms with Gasteiger partial charge >= 0.3 is 0 Å². The number of fused-ring (bicyclic) bond motifs is 4. The first kappa shape index (κ1) is 21.6. The molecule has 2 amide bonds. The summed E-state index contributed by atoms with van der Waals surface area (Å²) < 4.78 is 28.4. The monoisotopic (exact) mass is 458 g/mol. The Morgan fingerprint density at radius 3 is 2.76 bits per heavy atom. The maximum absolute atomic E-state index is 13.9. The molecule has 2 saturated heterocycles. The van der Waals surface area contributed by atoms with Gasteiger partial charge in [0.2, 0.25) is 5.43 Å². The van der Waals surface area contributed by atoms with Crippen molar-refractivity contribution >= 4 is 11.8 Å². The van der Waals surface area contributed by atoms with Gasteiger partial charge in [0, 0.05) is 43.5 Å². The Balaban J connectivity index is 1.43. The minimum Gasteiger partial charge on any atom is -0.503 e. The lowest BCUT2D eigenvalue weighted by molar-refractivity contribution is -0.0513. The third-order valence-corrected chi connectivity index (χ3v) is 6.90. The van der Waals surface area contributed by atoms with Gasteiger partial charge in [-0.3, -0.25) is 19.3 Å². The van der Waals surface area contributed by atoms with Crippen LogP contribution in [0.15, 0.2) is 29.2 Å². The van der Waals surface area contributed by atoms with Crippen LogP contribution in [0.4, 0.5) is 8.78 Å². The maximum atomic E-state index is 13.9. The first-order chi connectivity index (χ1) is 15.8. The average molecular weight is 458 g/mol. The minimum atomic E-state index is -0.960. The second-order valence-corrected chi connectivity index (χ2v) is 8.80. The van der Waals surface area contributed by atoms with Crippen LogP contribution in [0, 0.1) is 11.6 Å². The van der Waals surface area contributed by atoms with Gasteiger partial charge in [0.15, 0.2) is 11.4 Å². The van der Waals surface area contributed by atoms with Crippen LogP contribution in [0.5, 0.6) is 5.75 Å². The van der Waals surface area contributed by atoms with Gasteiger partial charge in [0.1, 0.15) is 23.4 Å². The zero-order chi connectivity index (χ0) is 23.3. The minimum absolute atomic E-state index is 0.0520. The Hall–Kier alpha value is -3.27. The summed E-state index contributed by atoms with van der Waals surface area (Å²) in [5, 5.41) is 13.0. The molecule has 2 aromatic rings. The van der Waals surface area contributed by atoms with Crippen LogP contribution in [0.25, 0.3) is 0 Å². The SMILES string of the molecule is O=C(NCc1ccc(F)cc1F)c1cn2c(c(O)c1=O)C(=O)N1CCC3CCCCN3[C@@H]1C2. The third-order valence-electron chi connectivity index (χ3n) is 6.90. The number of carbonyl (C=O) groups excluding carboxylic acids is 2. The zero-order valence-electron chi connectivity index (χ0n) is 17.9. The lowest BCUT2D eigenvalue weighted by atomic mass is 9.94. The largest absolute Gasteiger partial charge is 0.503 e. The number of pyridine rings is 1. The predicted molar refractivity (Wildman–Crippen MR) is 114 cm³/mol. The van der Waals surface area contributed by atoms with E-state index in [-0.39, 0.29) is 29.5 Å². The molecular formula is C23H24F2N4O4. The first-order valence-corrected chi connectivity index (χ1v) is 11.1. The molecule has 174 valence electrons. The summed E-state index contributed by atoms with van der Waals surface area (Å²) in [6.07, 6.45) is 5.23. The highest BCUT2D eigenvalue weighted by molar-refractivity contribution is 5.99. The van der Waals surface area contributed by atoms with E-state index in [4.69, 9.17) is 0 Å². The molecule has 3 aliphatic heterocycles. The van der Waals surface area contributed by atoms with Gasteiger partial charge in [-0.15, -0.1) is 0 Å². The van der Waals surface area contributed by atoms with Gasteiger partial charge in [-0.2, -0.15) is 0 Å². The molecule has 1 aromatic carbocycles. The number of aromatic nitrogens is 1. The maximum Gasteiger partial charge on any atom is 0.275 e. The molecular weight excluding hydrogens is 434 g/mol. The highest BCUT2D eigenvalue weighted by Crippen LogP contribution is 2.33. The van der Waals surface area contributed by atoms with Gasteiger partial charge in [-0.05, 0) is 25.3 Å². The van der Waals surface area contributed by atoms with Gasteiger partial charge in [-0.25, -0.2) is 8.78 Å². The Labute approximate surface area is 188 Å². The van der Waals surface area contributed by atoms with Crippen molar-refractivity contribution in [3.63, 3.8) is 0 Å².